The molecular formula is C26H22N4O5. The number of urea groups is 1. The fourth-order valence-electron chi connectivity index (χ4n) is 3.59. The monoisotopic (exact) mass is 470 g/mol. The van der Waals surface area contributed by atoms with Gasteiger partial charge in [-0.05, 0) is 23.3 Å². The summed E-state index contributed by atoms with van der Waals surface area (Å²) in [6, 6.07) is 23.6. The summed E-state index contributed by atoms with van der Waals surface area (Å²) < 4.78 is 0. The van der Waals surface area contributed by atoms with Crippen LogP contribution in [-0.2, 0) is 27.5 Å². The molecule has 0 saturated carbocycles. The van der Waals surface area contributed by atoms with E-state index in [-0.39, 0.29) is 17.8 Å². The molecule has 0 aliphatic carbocycles. The first kappa shape index (κ1) is 23.4. The van der Waals surface area contributed by atoms with E-state index in [1.165, 1.54) is 6.07 Å². The third-order valence-corrected chi connectivity index (χ3v) is 5.36. The summed E-state index contributed by atoms with van der Waals surface area (Å²) in [5.74, 6) is -3.19. The van der Waals surface area contributed by atoms with Gasteiger partial charge in [0.1, 0.15) is 6.54 Å². The van der Waals surface area contributed by atoms with E-state index in [9.17, 15) is 24.0 Å². The van der Waals surface area contributed by atoms with E-state index >= 15 is 0 Å². The van der Waals surface area contributed by atoms with Crippen molar-refractivity contribution in [3.8, 4) is 0 Å². The zero-order valence-electron chi connectivity index (χ0n) is 18.6. The molecule has 3 aromatic rings. The maximum absolute atomic E-state index is 12.7. The number of carbonyl (C=O) groups excluding carboxylic acids is 5. The number of imide groups is 2. The second-order valence-electron chi connectivity index (χ2n) is 7.81. The largest absolute Gasteiger partial charge is 0.348 e. The first-order chi connectivity index (χ1) is 16.9. The first-order valence-electron chi connectivity index (χ1n) is 10.9. The van der Waals surface area contributed by atoms with Gasteiger partial charge in [-0.15, -0.1) is 0 Å². The van der Waals surface area contributed by atoms with Crippen LogP contribution in [0.25, 0.3) is 0 Å². The van der Waals surface area contributed by atoms with Crippen LogP contribution in [0.4, 0.5) is 10.5 Å². The summed E-state index contributed by atoms with van der Waals surface area (Å²) in [4.78, 5) is 64.1. The van der Waals surface area contributed by atoms with Gasteiger partial charge in [-0.3, -0.25) is 24.1 Å². The Bertz CT molecular complexity index is 1280. The Morgan fingerprint density at radius 3 is 1.94 bits per heavy atom. The number of nitrogens with one attached hydrogen (secondary N) is 2. The summed E-state index contributed by atoms with van der Waals surface area (Å²) in [6.45, 7) is -0.431. The standard InChI is InChI=1S/C26H22N4O5/c31-22(17-30-25(34)24(33)29(26(30)35)16-19-11-5-2-6-12-19)28-21-14-8-7-13-20(21)23(32)27-15-18-9-3-1-4-10-18/h1-14H,15-17H2,(H,27,32)(H,28,31). The third-order valence-electron chi connectivity index (χ3n) is 5.36. The lowest BCUT2D eigenvalue weighted by Crippen LogP contribution is -2.39. The normalized spacial score (nSPS) is 13.2. The SMILES string of the molecule is O=C(CN1C(=O)C(=O)N(Cc2ccccc2)C1=O)Nc1ccccc1C(=O)NCc1ccccc1. The van der Waals surface area contributed by atoms with Crippen LogP contribution < -0.4 is 10.6 Å². The van der Waals surface area contributed by atoms with Crippen molar-refractivity contribution in [3.63, 3.8) is 0 Å². The molecule has 3 aromatic carbocycles. The number of anilines is 1. The van der Waals surface area contributed by atoms with Crippen molar-refractivity contribution in [2.45, 2.75) is 13.1 Å². The Hall–Kier alpha value is -4.79. The molecule has 1 aliphatic heterocycles. The number of para-hydroxylation sites is 1. The molecule has 1 saturated heterocycles. The number of hydrogen-bond donors (Lipinski definition) is 2. The van der Waals surface area contributed by atoms with Gasteiger partial charge in [0.05, 0.1) is 17.8 Å². The summed E-state index contributed by atoms with van der Waals surface area (Å²) in [7, 11) is 0. The van der Waals surface area contributed by atoms with Crippen LogP contribution in [0.15, 0.2) is 84.9 Å². The molecule has 1 aliphatic rings. The Balaban J connectivity index is 1.40. The summed E-state index contributed by atoms with van der Waals surface area (Å²) in [5.41, 5.74) is 2.02. The summed E-state index contributed by atoms with van der Waals surface area (Å²) >= 11 is 0. The van der Waals surface area contributed by atoms with Crippen LogP contribution >= 0.6 is 0 Å². The van der Waals surface area contributed by atoms with Gasteiger partial charge in [0.2, 0.25) is 5.91 Å². The molecule has 0 atom stereocenters. The fraction of sp³-hybridized carbons (Fsp3) is 0.115. The Kier molecular flexibility index (Phi) is 6.96. The number of rotatable bonds is 8. The fourth-order valence-corrected chi connectivity index (χ4v) is 3.59. The lowest BCUT2D eigenvalue weighted by Gasteiger charge is -2.16. The molecule has 0 unspecified atom stereocenters. The Morgan fingerprint density at radius 1 is 0.686 bits per heavy atom. The number of carbonyl (C=O) groups is 5. The smallest absolute Gasteiger partial charge is 0.335 e. The highest BCUT2D eigenvalue weighted by Gasteiger charge is 2.45. The zero-order chi connectivity index (χ0) is 24.8. The molecular weight excluding hydrogens is 448 g/mol. The van der Waals surface area contributed by atoms with E-state index < -0.39 is 36.2 Å². The Morgan fingerprint density at radius 2 is 1.26 bits per heavy atom. The minimum atomic E-state index is -1.07. The third kappa shape index (κ3) is 5.41. The lowest BCUT2D eigenvalue weighted by atomic mass is 10.1. The first-order valence-corrected chi connectivity index (χ1v) is 10.9. The van der Waals surface area contributed by atoms with Crippen LogP contribution in [0.1, 0.15) is 21.5 Å². The van der Waals surface area contributed by atoms with Gasteiger partial charge in [0, 0.05) is 6.54 Å². The molecule has 9 nitrogen and oxygen atoms in total. The van der Waals surface area contributed by atoms with Crippen molar-refractivity contribution in [2.24, 2.45) is 0 Å². The van der Waals surface area contributed by atoms with Crippen LogP contribution in [-0.4, -0.2) is 46.0 Å². The van der Waals surface area contributed by atoms with E-state index in [1.807, 2.05) is 30.3 Å². The van der Waals surface area contributed by atoms with Gasteiger partial charge in [-0.2, -0.15) is 0 Å². The van der Waals surface area contributed by atoms with Crippen LogP contribution in [0.5, 0.6) is 0 Å². The van der Waals surface area contributed by atoms with Gasteiger partial charge in [0.15, 0.2) is 0 Å². The van der Waals surface area contributed by atoms with Crippen molar-refractivity contribution in [3.05, 3.63) is 102 Å². The molecule has 176 valence electrons. The quantitative estimate of drug-likeness (QED) is 0.388. The highest BCUT2D eigenvalue weighted by molar-refractivity contribution is 6.45. The zero-order valence-corrected chi connectivity index (χ0v) is 18.6. The molecule has 6 amide bonds. The minimum Gasteiger partial charge on any atom is -0.348 e. The molecule has 2 N–H and O–H groups in total. The predicted molar refractivity (Wildman–Crippen MR) is 127 cm³/mol. The maximum Gasteiger partial charge on any atom is 0.335 e. The highest BCUT2D eigenvalue weighted by Crippen LogP contribution is 2.18. The molecule has 0 aromatic heterocycles. The van der Waals surface area contributed by atoms with E-state index in [2.05, 4.69) is 10.6 Å². The van der Waals surface area contributed by atoms with Gasteiger partial charge in [0.25, 0.3) is 5.91 Å². The van der Waals surface area contributed by atoms with Gasteiger partial charge >= 0.3 is 17.8 Å². The van der Waals surface area contributed by atoms with Crippen LogP contribution in [0.2, 0.25) is 0 Å². The number of nitrogens with zero attached hydrogens (tertiary/aromatic N) is 2. The average Bonchev–Trinajstić information content (AvgIpc) is 3.07. The predicted octanol–water partition coefficient (Wildman–Crippen LogP) is 2.55. The molecule has 4 rings (SSSR count). The minimum absolute atomic E-state index is 0.0766. The van der Waals surface area contributed by atoms with E-state index in [0.717, 1.165) is 10.5 Å². The van der Waals surface area contributed by atoms with Crippen LogP contribution in [0, 0.1) is 0 Å². The number of amides is 6. The topological polar surface area (TPSA) is 116 Å². The number of benzene rings is 3. The molecule has 35 heavy (non-hydrogen) atoms. The summed E-state index contributed by atoms with van der Waals surface area (Å²) in [5, 5.41) is 5.35. The van der Waals surface area contributed by atoms with Crippen molar-refractivity contribution in [1.29, 1.82) is 0 Å². The molecule has 1 heterocycles. The van der Waals surface area contributed by atoms with E-state index in [4.69, 9.17) is 0 Å². The van der Waals surface area contributed by atoms with Crippen LogP contribution in [0.3, 0.4) is 0 Å². The summed E-state index contributed by atoms with van der Waals surface area (Å²) in [6.07, 6.45) is 0. The van der Waals surface area contributed by atoms with Gasteiger partial charge in [-0.25, -0.2) is 9.69 Å². The second-order valence-corrected chi connectivity index (χ2v) is 7.81. The maximum atomic E-state index is 12.7. The molecule has 9 heteroatoms. The second kappa shape index (κ2) is 10.4. The molecule has 0 spiro atoms. The van der Waals surface area contributed by atoms with Gasteiger partial charge in [-0.1, -0.05) is 72.8 Å². The van der Waals surface area contributed by atoms with Gasteiger partial charge < -0.3 is 10.6 Å². The highest BCUT2D eigenvalue weighted by atomic mass is 16.2. The molecule has 0 bridgehead atoms. The van der Waals surface area contributed by atoms with Crippen molar-refractivity contribution >= 4 is 35.3 Å². The van der Waals surface area contributed by atoms with E-state index in [0.29, 0.717) is 17.0 Å². The van der Waals surface area contributed by atoms with E-state index in [1.54, 1.807) is 48.5 Å². The molecule has 0 radical (unpaired) electrons. The number of hydrogen-bond acceptors (Lipinski definition) is 5. The van der Waals surface area contributed by atoms with Crippen molar-refractivity contribution in [1.82, 2.24) is 15.1 Å². The van der Waals surface area contributed by atoms with Crippen molar-refractivity contribution in [2.75, 3.05) is 11.9 Å². The average molecular weight is 470 g/mol. The Labute approximate surface area is 201 Å². The van der Waals surface area contributed by atoms with Crippen molar-refractivity contribution < 1.29 is 24.0 Å². The lowest BCUT2D eigenvalue weighted by molar-refractivity contribution is -0.143. The molecule has 1 fully saturated rings.